The molecular formula is C12H10FNO4S. The first-order valence-corrected chi connectivity index (χ1v) is 5.84. The van der Waals surface area contributed by atoms with Crippen LogP contribution in [0.25, 0.3) is 10.9 Å². The lowest BCUT2D eigenvalue weighted by Crippen LogP contribution is -2.19. The number of thiol groups is 1. The van der Waals surface area contributed by atoms with Crippen molar-refractivity contribution in [1.82, 2.24) is 4.57 Å². The molecule has 0 amide bonds. The molecule has 19 heavy (non-hydrogen) atoms. The minimum absolute atomic E-state index is 0.0692. The number of aryl methyl sites for hydroxylation is 1. The van der Waals surface area contributed by atoms with Crippen molar-refractivity contribution >= 4 is 29.5 Å². The number of benzene rings is 1. The molecule has 0 bridgehead atoms. The molecule has 0 saturated carbocycles. The van der Waals surface area contributed by atoms with Gasteiger partial charge in [0.2, 0.25) is 5.43 Å². The standard InChI is InChI=1S/C12H10FNO4S/c1-2-14-4-6(12(17)18)10(16)5-3-7(15)11(19)8(13)9(5)14/h3-4,15,19H,2H2,1H3,(H,17,18). The van der Waals surface area contributed by atoms with Gasteiger partial charge in [-0.2, -0.15) is 0 Å². The van der Waals surface area contributed by atoms with E-state index in [4.69, 9.17) is 5.11 Å². The Balaban J connectivity index is 3.08. The summed E-state index contributed by atoms with van der Waals surface area (Å²) >= 11 is 3.82. The van der Waals surface area contributed by atoms with Crippen molar-refractivity contribution < 1.29 is 19.4 Å². The smallest absolute Gasteiger partial charge is 0.341 e. The molecule has 0 fully saturated rings. The molecule has 1 aromatic heterocycles. The Morgan fingerprint density at radius 3 is 2.68 bits per heavy atom. The molecule has 1 aromatic carbocycles. The van der Waals surface area contributed by atoms with Gasteiger partial charge in [-0.3, -0.25) is 4.79 Å². The zero-order valence-corrected chi connectivity index (χ0v) is 10.7. The van der Waals surface area contributed by atoms with Gasteiger partial charge in [-0.25, -0.2) is 9.18 Å². The van der Waals surface area contributed by atoms with E-state index >= 15 is 0 Å². The maximum Gasteiger partial charge on any atom is 0.341 e. The minimum atomic E-state index is -1.40. The van der Waals surface area contributed by atoms with Crippen LogP contribution in [0.5, 0.6) is 5.75 Å². The zero-order valence-electron chi connectivity index (χ0n) is 9.85. The first-order valence-electron chi connectivity index (χ1n) is 5.39. The first-order chi connectivity index (χ1) is 8.88. The molecule has 1 heterocycles. The number of carboxylic acid groups (broad SMARTS) is 1. The molecule has 5 nitrogen and oxygen atoms in total. The van der Waals surface area contributed by atoms with Crippen LogP contribution in [-0.4, -0.2) is 20.7 Å². The van der Waals surface area contributed by atoms with Gasteiger partial charge in [0.05, 0.1) is 15.8 Å². The molecule has 0 aliphatic heterocycles. The molecule has 2 rings (SSSR count). The van der Waals surface area contributed by atoms with Crippen LogP contribution in [0.4, 0.5) is 4.39 Å². The van der Waals surface area contributed by atoms with Gasteiger partial charge in [0, 0.05) is 12.7 Å². The molecule has 0 atom stereocenters. The van der Waals surface area contributed by atoms with Crippen molar-refractivity contribution in [2.45, 2.75) is 18.4 Å². The van der Waals surface area contributed by atoms with Gasteiger partial charge in [0.15, 0.2) is 5.82 Å². The van der Waals surface area contributed by atoms with E-state index < -0.39 is 28.5 Å². The highest BCUT2D eigenvalue weighted by Crippen LogP contribution is 2.30. The van der Waals surface area contributed by atoms with Crippen LogP contribution >= 0.6 is 12.6 Å². The number of carbonyl (C=O) groups is 1. The second-order valence-electron chi connectivity index (χ2n) is 3.92. The number of pyridine rings is 1. The van der Waals surface area contributed by atoms with E-state index in [9.17, 15) is 19.1 Å². The summed E-state index contributed by atoms with van der Waals surface area (Å²) in [7, 11) is 0. The van der Waals surface area contributed by atoms with Crippen molar-refractivity contribution in [3.05, 3.63) is 33.9 Å². The SMILES string of the molecule is CCn1cc(C(=O)O)c(=O)c2cc(O)c(S)c(F)c21. The Morgan fingerprint density at radius 1 is 1.53 bits per heavy atom. The number of rotatable bonds is 2. The number of nitrogens with zero attached hydrogens (tertiary/aromatic N) is 1. The van der Waals surface area contributed by atoms with Gasteiger partial charge in [0.1, 0.15) is 11.3 Å². The monoisotopic (exact) mass is 283 g/mol. The molecule has 0 spiro atoms. The third kappa shape index (κ3) is 1.95. The first kappa shape index (κ1) is 13.4. The quantitative estimate of drug-likeness (QED) is 0.735. The number of hydrogen-bond donors (Lipinski definition) is 3. The van der Waals surface area contributed by atoms with E-state index in [1.807, 2.05) is 0 Å². The van der Waals surface area contributed by atoms with Crippen LogP contribution < -0.4 is 5.43 Å². The van der Waals surface area contributed by atoms with Gasteiger partial charge in [0.25, 0.3) is 0 Å². The topological polar surface area (TPSA) is 79.5 Å². The fraction of sp³-hybridized carbons (Fsp3) is 0.167. The second kappa shape index (κ2) is 4.58. The fourth-order valence-electron chi connectivity index (χ4n) is 1.90. The third-order valence-electron chi connectivity index (χ3n) is 2.83. The normalized spacial score (nSPS) is 10.9. The van der Waals surface area contributed by atoms with Crippen LogP contribution in [0.2, 0.25) is 0 Å². The van der Waals surface area contributed by atoms with Crippen LogP contribution in [0, 0.1) is 5.82 Å². The maximum absolute atomic E-state index is 14.1. The molecule has 0 saturated heterocycles. The molecule has 0 radical (unpaired) electrons. The van der Waals surface area contributed by atoms with E-state index in [2.05, 4.69) is 12.6 Å². The number of aromatic hydroxyl groups is 1. The van der Waals surface area contributed by atoms with E-state index in [0.29, 0.717) is 0 Å². The number of phenolic OH excluding ortho intramolecular Hbond substituents is 1. The maximum atomic E-state index is 14.1. The van der Waals surface area contributed by atoms with Crippen LogP contribution in [-0.2, 0) is 6.54 Å². The predicted octanol–water partition coefficient (Wildman–Crippen LogP) is 1.85. The van der Waals surface area contributed by atoms with Gasteiger partial charge in [-0.05, 0) is 13.0 Å². The number of carboxylic acids is 1. The largest absolute Gasteiger partial charge is 0.507 e. The lowest BCUT2D eigenvalue weighted by molar-refractivity contribution is 0.0695. The Bertz CT molecular complexity index is 754. The lowest BCUT2D eigenvalue weighted by Gasteiger charge is -2.12. The minimum Gasteiger partial charge on any atom is -0.507 e. The zero-order chi connectivity index (χ0) is 14.3. The van der Waals surface area contributed by atoms with E-state index in [0.717, 1.165) is 12.3 Å². The summed E-state index contributed by atoms with van der Waals surface area (Å²) in [6.45, 7) is 1.95. The Hall–Kier alpha value is -2.02. The second-order valence-corrected chi connectivity index (χ2v) is 4.36. The Kier molecular flexibility index (Phi) is 3.23. The number of halogens is 1. The number of fused-ring (bicyclic) bond motifs is 1. The van der Waals surface area contributed by atoms with Crippen molar-refractivity contribution in [2.75, 3.05) is 0 Å². The van der Waals surface area contributed by atoms with Crippen molar-refractivity contribution in [3.8, 4) is 5.75 Å². The summed E-state index contributed by atoms with van der Waals surface area (Å²) in [5, 5.41) is 18.3. The molecular weight excluding hydrogens is 273 g/mol. The molecule has 2 N–H and O–H groups in total. The average molecular weight is 283 g/mol. The highest BCUT2D eigenvalue weighted by atomic mass is 32.1. The van der Waals surface area contributed by atoms with Crippen LogP contribution in [0.15, 0.2) is 22.0 Å². The summed E-state index contributed by atoms with van der Waals surface area (Å²) in [5.41, 5.74) is -1.38. The van der Waals surface area contributed by atoms with E-state index in [1.54, 1.807) is 6.92 Å². The third-order valence-corrected chi connectivity index (χ3v) is 3.25. The van der Waals surface area contributed by atoms with Gasteiger partial charge < -0.3 is 14.8 Å². The molecule has 0 aliphatic rings. The Labute approximate surface area is 112 Å². The average Bonchev–Trinajstić information content (AvgIpc) is 2.37. The number of phenols is 1. The summed E-state index contributed by atoms with van der Waals surface area (Å²) in [4.78, 5) is 22.7. The van der Waals surface area contributed by atoms with Crippen molar-refractivity contribution in [3.63, 3.8) is 0 Å². The summed E-state index contributed by atoms with van der Waals surface area (Å²) < 4.78 is 15.4. The number of aromatic nitrogens is 1. The molecule has 100 valence electrons. The summed E-state index contributed by atoms with van der Waals surface area (Å²) in [6.07, 6.45) is 1.08. The van der Waals surface area contributed by atoms with Gasteiger partial charge in [-0.15, -0.1) is 12.6 Å². The van der Waals surface area contributed by atoms with Gasteiger partial charge in [-0.1, -0.05) is 0 Å². The number of aromatic carboxylic acids is 1. The molecule has 0 unspecified atom stereocenters. The van der Waals surface area contributed by atoms with Crippen LogP contribution in [0.1, 0.15) is 17.3 Å². The summed E-state index contributed by atoms with van der Waals surface area (Å²) in [5.74, 6) is -2.76. The molecule has 0 aliphatic carbocycles. The van der Waals surface area contributed by atoms with E-state index in [-0.39, 0.29) is 22.3 Å². The van der Waals surface area contributed by atoms with Crippen LogP contribution in [0.3, 0.4) is 0 Å². The summed E-state index contributed by atoms with van der Waals surface area (Å²) in [6, 6.07) is 1.03. The molecule has 2 aromatic rings. The van der Waals surface area contributed by atoms with E-state index in [1.165, 1.54) is 4.57 Å². The highest BCUT2D eigenvalue weighted by Gasteiger charge is 2.19. The van der Waals surface area contributed by atoms with Crippen molar-refractivity contribution in [2.24, 2.45) is 0 Å². The Morgan fingerprint density at radius 2 is 2.16 bits per heavy atom. The predicted molar refractivity (Wildman–Crippen MR) is 69.7 cm³/mol. The number of hydrogen-bond acceptors (Lipinski definition) is 4. The van der Waals surface area contributed by atoms with Crippen molar-refractivity contribution in [1.29, 1.82) is 0 Å². The lowest BCUT2D eigenvalue weighted by atomic mass is 10.1. The molecule has 7 heteroatoms. The fourth-order valence-corrected chi connectivity index (χ4v) is 2.07. The van der Waals surface area contributed by atoms with Gasteiger partial charge >= 0.3 is 5.97 Å². The highest BCUT2D eigenvalue weighted by molar-refractivity contribution is 7.80.